The molecule has 22 nitrogen and oxygen atoms in total. The number of cyclic esters (lactones) is 1. The van der Waals surface area contributed by atoms with Gasteiger partial charge in [0.25, 0.3) is 0 Å². The van der Waals surface area contributed by atoms with Crippen LogP contribution in [0, 0.1) is 11.8 Å². The fourth-order valence-electron chi connectivity index (χ4n) is 8.53. The first-order valence-electron chi connectivity index (χ1n) is 24.9. The molecule has 0 radical (unpaired) electrons. The van der Waals surface area contributed by atoms with Gasteiger partial charge in [-0.15, -0.1) is 0 Å². The van der Waals surface area contributed by atoms with E-state index in [2.05, 4.69) is 10.1 Å². The molecule has 3 aliphatic heterocycles. The molecule has 0 aliphatic carbocycles. The zero-order chi connectivity index (χ0) is 55.0. The minimum Gasteiger partial charge on any atom is -0.469 e. The van der Waals surface area contributed by atoms with Gasteiger partial charge in [-0.1, -0.05) is 92.0 Å². The van der Waals surface area contributed by atoms with Gasteiger partial charge in [0.05, 0.1) is 100 Å². The van der Waals surface area contributed by atoms with E-state index in [1.807, 2.05) is 6.92 Å². The Kier molecular flexibility index (Phi) is 28.3. The molecule has 418 valence electrons. The summed E-state index contributed by atoms with van der Waals surface area (Å²) in [6, 6.07) is -2.59. The van der Waals surface area contributed by atoms with Gasteiger partial charge >= 0.3 is 17.9 Å². The Balaban J connectivity index is 1.98. The van der Waals surface area contributed by atoms with Crippen LogP contribution in [0.5, 0.6) is 0 Å². The lowest BCUT2D eigenvalue weighted by Crippen LogP contribution is -2.60. The molecular weight excluding hydrogens is 973 g/mol. The largest absolute Gasteiger partial charge is 0.469 e. The average Bonchev–Trinajstić information content (AvgIpc) is 3.33. The Morgan fingerprint density at radius 1 is 0.716 bits per heavy atom. The first-order chi connectivity index (χ1) is 35.1. The number of nitrogens with one attached hydrogen (secondary N) is 1. The lowest BCUT2D eigenvalue weighted by Gasteiger charge is -2.46. The highest BCUT2D eigenvalue weighted by atomic mass is 16.7. The zero-order valence-electron chi connectivity index (χ0n) is 42.5. The Bertz CT molecular complexity index is 1940. The first kappa shape index (κ1) is 63.8. The van der Waals surface area contributed by atoms with Gasteiger partial charge in [-0.25, -0.2) is 4.79 Å². The summed E-state index contributed by atoms with van der Waals surface area (Å²) in [5.74, 6) is -7.61. The summed E-state index contributed by atoms with van der Waals surface area (Å²) in [6.07, 6.45) is 2.77. The number of allylic oxidation sites excluding steroid dienone is 12. The van der Waals surface area contributed by atoms with Crippen molar-refractivity contribution < 1.29 is 98.7 Å². The van der Waals surface area contributed by atoms with Crippen LogP contribution < -0.4 is 11.1 Å². The van der Waals surface area contributed by atoms with Crippen LogP contribution in [0.3, 0.4) is 0 Å². The highest BCUT2D eigenvalue weighted by molar-refractivity contribution is 5.87. The lowest BCUT2D eigenvalue weighted by atomic mass is 9.82. The van der Waals surface area contributed by atoms with Crippen molar-refractivity contribution in [1.29, 1.82) is 0 Å². The second-order valence-electron chi connectivity index (χ2n) is 19.1. The van der Waals surface area contributed by atoms with E-state index in [0.717, 1.165) is 14.2 Å². The van der Waals surface area contributed by atoms with Crippen molar-refractivity contribution in [2.24, 2.45) is 17.6 Å². The summed E-state index contributed by atoms with van der Waals surface area (Å²) >= 11 is 0. The SMILES string of the molecule is COC(=O)CCC(NC(=O)[C@H]1[C@@H]2C[C@@H](O[C@@H]3OC[C@@H](O)[C@H](N)[C@@H]3O)/C=C/C=C/C=C/C=C/C=C/C=C/C=C/[C@H](C)[C@@H](O)C[C@H](C)OC(=O)CC(O)CC(O)CCC(O)C(O)CC(O)C[C@](O)(C[C@@H]1O)O2)C(=O)OC. The fraction of sp³-hybridized carbons (Fsp3) is 0.654. The fourth-order valence-corrected chi connectivity index (χ4v) is 8.53. The summed E-state index contributed by atoms with van der Waals surface area (Å²) in [5, 5.41) is 112. The Labute approximate surface area is 432 Å². The molecule has 18 atom stereocenters. The second-order valence-corrected chi connectivity index (χ2v) is 19.1. The van der Waals surface area contributed by atoms with Crippen LogP contribution in [0.25, 0.3) is 0 Å². The van der Waals surface area contributed by atoms with E-state index in [0.29, 0.717) is 0 Å². The van der Waals surface area contributed by atoms with Crippen LogP contribution in [-0.4, -0.2) is 193 Å². The predicted octanol–water partition coefficient (Wildman–Crippen LogP) is -0.396. The van der Waals surface area contributed by atoms with Crippen molar-refractivity contribution in [2.75, 3.05) is 20.8 Å². The van der Waals surface area contributed by atoms with E-state index in [1.54, 1.807) is 85.9 Å². The molecular formula is C52H80N2O20. The topological polar surface area (TPSA) is 364 Å². The highest BCUT2D eigenvalue weighted by Gasteiger charge is 2.51. The molecule has 0 aromatic rings. The predicted molar refractivity (Wildman–Crippen MR) is 265 cm³/mol. The van der Waals surface area contributed by atoms with Gasteiger partial charge < -0.3 is 90.5 Å². The van der Waals surface area contributed by atoms with Crippen LogP contribution in [0.4, 0.5) is 0 Å². The maximum atomic E-state index is 14.2. The van der Waals surface area contributed by atoms with Crippen LogP contribution in [0.2, 0.25) is 0 Å². The van der Waals surface area contributed by atoms with E-state index in [1.165, 1.54) is 6.08 Å². The van der Waals surface area contributed by atoms with Crippen LogP contribution in [0.15, 0.2) is 85.1 Å². The zero-order valence-corrected chi connectivity index (χ0v) is 42.5. The van der Waals surface area contributed by atoms with Crippen LogP contribution in [-0.2, 0) is 47.6 Å². The maximum Gasteiger partial charge on any atom is 0.328 e. The molecule has 74 heavy (non-hydrogen) atoms. The van der Waals surface area contributed by atoms with Gasteiger partial charge in [0, 0.05) is 44.4 Å². The smallest absolute Gasteiger partial charge is 0.328 e. The van der Waals surface area contributed by atoms with Crippen molar-refractivity contribution in [3.8, 4) is 0 Å². The minimum absolute atomic E-state index is 0.131. The highest BCUT2D eigenvalue weighted by Crippen LogP contribution is 2.38. The molecule has 1 amide bonds. The van der Waals surface area contributed by atoms with Gasteiger partial charge in [0.15, 0.2) is 12.1 Å². The van der Waals surface area contributed by atoms with Crippen molar-refractivity contribution in [2.45, 2.75) is 182 Å². The number of ether oxygens (including phenoxy) is 6. The maximum absolute atomic E-state index is 14.2. The normalized spacial score (nSPS) is 39.6. The first-order valence-corrected chi connectivity index (χ1v) is 24.9. The Hall–Kier alpha value is -4.50. The molecule has 3 aliphatic rings. The number of aliphatic hydroxyl groups excluding tert-OH is 9. The number of hydrogen-bond donors (Lipinski definition) is 12. The van der Waals surface area contributed by atoms with Crippen molar-refractivity contribution in [3.05, 3.63) is 85.1 Å². The summed E-state index contributed by atoms with van der Waals surface area (Å²) in [6.45, 7) is 3.11. The van der Waals surface area contributed by atoms with Gasteiger partial charge in [0.1, 0.15) is 18.2 Å². The number of esters is 3. The van der Waals surface area contributed by atoms with E-state index in [9.17, 15) is 70.2 Å². The molecule has 0 saturated carbocycles. The second kappa shape index (κ2) is 32.8. The van der Waals surface area contributed by atoms with E-state index in [4.69, 9.17) is 29.4 Å². The number of carbonyl (C=O) groups excluding carboxylic acids is 4. The monoisotopic (exact) mass is 1050 g/mol. The van der Waals surface area contributed by atoms with Crippen molar-refractivity contribution in [3.63, 3.8) is 0 Å². The average molecular weight is 1050 g/mol. The third-order valence-electron chi connectivity index (χ3n) is 12.7. The molecule has 2 saturated heterocycles. The van der Waals surface area contributed by atoms with Gasteiger partial charge in [-0.2, -0.15) is 0 Å². The molecule has 3 rings (SSSR count). The number of methoxy groups -OCH3 is 2. The molecule has 0 spiro atoms. The standard InChI is InChI=1S/C52H80N2O20/c1-31-17-15-13-11-9-7-5-6-8-10-12-14-16-18-36(73-51-48(65)47(53)42(62)30-71-51)27-43-46(49(66)54-37(50(67)70-4)20-22-44(63)69-3)41(61)29-52(68,74-43)28-35(57)25-40(60)38(58)21-19-33(55)24-34(56)26-45(64)72-32(2)23-39(31)59/h5-18,31-43,46-48,51,55-62,65,68H,19-30,53H2,1-4H3,(H,54,66)/b6-5+,9-7+,10-8+,13-11+,14-12+,17-15+,18-16+/t31-,32-,33?,34?,35?,36-,37?,38?,39-,40?,41-,42+,43-,46+,47-,48-,51-,52+/m0/s1. The molecule has 22 heteroatoms. The minimum atomic E-state index is -2.42. The summed E-state index contributed by atoms with van der Waals surface area (Å²) in [7, 11) is 2.21. The molecule has 2 bridgehead atoms. The number of carbonyl (C=O) groups is 4. The van der Waals surface area contributed by atoms with Gasteiger partial charge in [-0.05, 0) is 32.6 Å². The number of fused-ring (bicyclic) bond motifs is 2. The van der Waals surface area contributed by atoms with E-state index >= 15 is 0 Å². The molecule has 6 unspecified atom stereocenters. The lowest BCUT2D eigenvalue weighted by molar-refractivity contribution is -0.304. The number of aliphatic hydroxyl groups is 10. The number of rotatable bonds is 8. The van der Waals surface area contributed by atoms with Gasteiger partial charge in [-0.3, -0.25) is 14.4 Å². The Morgan fingerprint density at radius 3 is 1.93 bits per heavy atom. The summed E-state index contributed by atoms with van der Waals surface area (Å²) in [5.41, 5.74) is 6.02. The third kappa shape index (κ3) is 22.8. The van der Waals surface area contributed by atoms with Crippen LogP contribution >= 0.6 is 0 Å². The molecule has 0 aromatic carbocycles. The number of amides is 1. The quantitative estimate of drug-likeness (QED) is 0.109. The van der Waals surface area contributed by atoms with Crippen molar-refractivity contribution >= 4 is 23.8 Å². The molecule has 0 aromatic heterocycles. The Morgan fingerprint density at radius 2 is 1.32 bits per heavy atom. The van der Waals surface area contributed by atoms with Gasteiger partial charge in [0.2, 0.25) is 5.91 Å². The van der Waals surface area contributed by atoms with E-state index < -0.39 is 153 Å². The molecule has 2 fully saturated rings. The molecule has 3 heterocycles. The summed E-state index contributed by atoms with van der Waals surface area (Å²) < 4.78 is 32.8. The number of hydrogen-bond acceptors (Lipinski definition) is 21. The van der Waals surface area contributed by atoms with E-state index in [-0.39, 0.29) is 57.5 Å². The number of nitrogens with two attached hydrogens (primary N) is 1. The summed E-state index contributed by atoms with van der Waals surface area (Å²) in [4.78, 5) is 51.5. The van der Waals surface area contributed by atoms with Crippen molar-refractivity contribution in [1.82, 2.24) is 5.32 Å². The molecule has 13 N–H and O–H groups in total. The third-order valence-corrected chi connectivity index (χ3v) is 12.7. The van der Waals surface area contributed by atoms with Crippen LogP contribution in [0.1, 0.15) is 84.5 Å².